The molecule has 112 valence electrons. The lowest BCUT2D eigenvalue weighted by atomic mass is 10.0. The van der Waals surface area contributed by atoms with Crippen molar-refractivity contribution >= 4 is 17.6 Å². The molecule has 0 aliphatic carbocycles. The highest BCUT2D eigenvalue weighted by atomic mass is 16.6. The number of ether oxygens (including phenoxy) is 1. The molecule has 8 heteroatoms. The first-order valence-electron chi connectivity index (χ1n) is 6.29. The predicted molar refractivity (Wildman–Crippen MR) is 71.1 cm³/mol. The molecule has 0 saturated carbocycles. The monoisotopic (exact) mass is 294 g/mol. The second-order valence-electron chi connectivity index (χ2n) is 4.67. The number of benzene rings is 1. The summed E-state index contributed by atoms with van der Waals surface area (Å²) in [7, 11) is 0. The standard InChI is InChI=1S/C13H14N2O6/c1-8-3-2-4-9(15(19)20)11(8)12(16)14-5-6-21-10(7-14)13(17)18/h2-4,10H,5-7H2,1H3,(H,17,18). The van der Waals surface area contributed by atoms with Gasteiger partial charge in [0.1, 0.15) is 5.56 Å². The number of rotatable bonds is 3. The maximum absolute atomic E-state index is 12.5. The van der Waals surface area contributed by atoms with Gasteiger partial charge in [-0.1, -0.05) is 12.1 Å². The average Bonchev–Trinajstić information content (AvgIpc) is 2.46. The Morgan fingerprint density at radius 2 is 2.19 bits per heavy atom. The number of aliphatic carboxylic acids is 1. The number of aryl methyl sites for hydroxylation is 1. The van der Waals surface area contributed by atoms with Gasteiger partial charge in [0.15, 0.2) is 6.10 Å². The van der Waals surface area contributed by atoms with E-state index < -0.39 is 22.9 Å². The second-order valence-corrected chi connectivity index (χ2v) is 4.67. The van der Waals surface area contributed by atoms with Crippen LogP contribution >= 0.6 is 0 Å². The zero-order chi connectivity index (χ0) is 15.6. The smallest absolute Gasteiger partial charge is 0.334 e. The van der Waals surface area contributed by atoms with Gasteiger partial charge in [-0.05, 0) is 12.5 Å². The number of morpholine rings is 1. The summed E-state index contributed by atoms with van der Waals surface area (Å²) in [4.78, 5) is 35.1. The number of carboxylic acid groups (broad SMARTS) is 1. The number of amides is 1. The maximum atomic E-state index is 12.5. The van der Waals surface area contributed by atoms with E-state index in [0.717, 1.165) is 0 Å². The molecular formula is C13H14N2O6. The number of carbonyl (C=O) groups excluding carboxylic acids is 1. The summed E-state index contributed by atoms with van der Waals surface area (Å²) in [5.74, 6) is -1.71. The Balaban J connectivity index is 2.32. The van der Waals surface area contributed by atoms with Gasteiger partial charge >= 0.3 is 5.97 Å². The second kappa shape index (κ2) is 5.88. The molecule has 0 bridgehead atoms. The van der Waals surface area contributed by atoms with Crippen molar-refractivity contribution in [3.63, 3.8) is 0 Å². The van der Waals surface area contributed by atoms with E-state index in [2.05, 4.69) is 0 Å². The van der Waals surface area contributed by atoms with E-state index in [1.807, 2.05) is 0 Å². The molecule has 1 heterocycles. The van der Waals surface area contributed by atoms with Crippen molar-refractivity contribution < 1.29 is 24.4 Å². The fourth-order valence-corrected chi connectivity index (χ4v) is 2.22. The van der Waals surface area contributed by atoms with E-state index in [0.29, 0.717) is 5.56 Å². The van der Waals surface area contributed by atoms with Crippen molar-refractivity contribution in [2.45, 2.75) is 13.0 Å². The third-order valence-electron chi connectivity index (χ3n) is 3.29. The van der Waals surface area contributed by atoms with Crippen LogP contribution in [0.4, 0.5) is 5.69 Å². The molecular weight excluding hydrogens is 280 g/mol. The molecule has 2 rings (SSSR count). The van der Waals surface area contributed by atoms with E-state index in [-0.39, 0.29) is 30.9 Å². The predicted octanol–water partition coefficient (Wildman–Crippen LogP) is 0.829. The molecule has 8 nitrogen and oxygen atoms in total. The zero-order valence-corrected chi connectivity index (χ0v) is 11.3. The molecule has 21 heavy (non-hydrogen) atoms. The van der Waals surface area contributed by atoms with Crippen LogP contribution in [-0.4, -0.2) is 52.6 Å². The van der Waals surface area contributed by atoms with E-state index in [1.54, 1.807) is 13.0 Å². The van der Waals surface area contributed by atoms with E-state index in [1.165, 1.54) is 17.0 Å². The van der Waals surface area contributed by atoms with Gasteiger partial charge in [-0.15, -0.1) is 0 Å². The summed E-state index contributed by atoms with van der Waals surface area (Å²) in [6, 6.07) is 4.37. The lowest BCUT2D eigenvalue weighted by Gasteiger charge is -2.31. The van der Waals surface area contributed by atoms with Crippen LogP contribution in [0.5, 0.6) is 0 Å². The van der Waals surface area contributed by atoms with Gasteiger partial charge in [0.25, 0.3) is 11.6 Å². The molecule has 0 spiro atoms. The van der Waals surface area contributed by atoms with Crippen molar-refractivity contribution in [2.75, 3.05) is 19.7 Å². The Morgan fingerprint density at radius 3 is 2.81 bits per heavy atom. The first-order chi connectivity index (χ1) is 9.91. The number of carboxylic acids is 1. The lowest BCUT2D eigenvalue weighted by Crippen LogP contribution is -2.48. The highest BCUT2D eigenvalue weighted by Crippen LogP contribution is 2.24. The van der Waals surface area contributed by atoms with E-state index >= 15 is 0 Å². The van der Waals surface area contributed by atoms with Gasteiger partial charge in [0.2, 0.25) is 0 Å². The highest BCUT2D eigenvalue weighted by Gasteiger charge is 2.32. The van der Waals surface area contributed by atoms with Crippen molar-refractivity contribution in [2.24, 2.45) is 0 Å². The first kappa shape index (κ1) is 14.9. The van der Waals surface area contributed by atoms with Crippen molar-refractivity contribution in [1.29, 1.82) is 0 Å². The Morgan fingerprint density at radius 1 is 1.48 bits per heavy atom. The molecule has 1 amide bonds. The zero-order valence-electron chi connectivity index (χ0n) is 11.3. The van der Waals surface area contributed by atoms with Crippen molar-refractivity contribution in [3.05, 3.63) is 39.4 Å². The minimum Gasteiger partial charge on any atom is -0.479 e. The van der Waals surface area contributed by atoms with Crippen LogP contribution in [0.3, 0.4) is 0 Å². The molecule has 1 aromatic carbocycles. The van der Waals surface area contributed by atoms with Gasteiger partial charge in [-0.25, -0.2) is 4.79 Å². The molecule has 1 N–H and O–H groups in total. The molecule has 1 unspecified atom stereocenters. The topological polar surface area (TPSA) is 110 Å². The van der Waals surface area contributed by atoms with Crippen LogP contribution < -0.4 is 0 Å². The third-order valence-corrected chi connectivity index (χ3v) is 3.29. The van der Waals surface area contributed by atoms with Gasteiger partial charge in [-0.3, -0.25) is 14.9 Å². The summed E-state index contributed by atoms with van der Waals surface area (Å²) >= 11 is 0. The Hall–Kier alpha value is -2.48. The minimum atomic E-state index is -1.16. The number of nitrogens with zero attached hydrogens (tertiary/aromatic N) is 2. The van der Waals surface area contributed by atoms with Crippen LogP contribution in [0, 0.1) is 17.0 Å². The molecule has 1 fully saturated rings. The van der Waals surface area contributed by atoms with Crippen molar-refractivity contribution in [1.82, 2.24) is 4.90 Å². The number of carbonyl (C=O) groups is 2. The average molecular weight is 294 g/mol. The summed E-state index contributed by atoms with van der Waals surface area (Å²) in [5, 5.41) is 20.0. The number of hydrogen-bond acceptors (Lipinski definition) is 5. The third kappa shape index (κ3) is 3.00. The molecule has 1 atom stereocenters. The largest absolute Gasteiger partial charge is 0.479 e. The molecule has 1 aliphatic heterocycles. The van der Waals surface area contributed by atoms with Crippen LogP contribution in [0.25, 0.3) is 0 Å². The first-order valence-corrected chi connectivity index (χ1v) is 6.29. The normalized spacial score (nSPS) is 18.3. The van der Waals surface area contributed by atoms with Crippen molar-refractivity contribution in [3.8, 4) is 0 Å². The van der Waals surface area contributed by atoms with Crippen LogP contribution in [0.15, 0.2) is 18.2 Å². The maximum Gasteiger partial charge on any atom is 0.334 e. The molecule has 0 radical (unpaired) electrons. The Labute approximate surface area is 120 Å². The fourth-order valence-electron chi connectivity index (χ4n) is 2.22. The lowest BCUT2D eigenvalue weighted by molar-refractivity contribution is -0.385. The van der Waals surface area contributed by atoms with E-state index in [4.69, 9.17) is 9.84 Å². The molecule has 1 aromatic rings. The van der Waals surface area contributed by atoms with Crippen LogP contribution in [0.1, 0.15) is 15.9 Å². The summed E-state index contributed by atoms with van der Waals surface area (Å²) in [6.07, 6.45) is -1.11. The number of nitro groups is 1. The van der Waals surface area contributed by atoms with Gasteiger partial charge in [0.05, 0.1) is 18.1 Å². The minimum absolute atomic E-state index is 0.00598. The fraction of sp³-hybridized carbons (Fsp3) is 0.385. The SMILES string of the molecule is Cc1cccc([N+](=O)[O-])c1C(=O)N1CCOC(C(=O)O)C1. The van der Waals surface area contributed by atoms with Gasteiger partial charge in [0, 0.05) is 12.6 Å². The van der Waals surface area contributed by atoms with Crippen LogP contribution in [0.2, 0.25) is 0 Å². The Kier molecular flexibility index (Phi) is 4.18. The molecule has 1 aliphatic rings. The number of hydrogen-bond donors (Lipinski definition) is 1. The summed E-state index contributed by atoms with van der Waals surface area (Å²) in [5.41, 5.74) is 0.194. The molecule has 1 saturated heterocycles. The quantitative estimate of drug-likeness (QED) is 0.653. The highest BCUT2D eigenvalue weighted by molar-refractivity contribution is 5.99. The summed E-state index contributed by atoms with van der Waals surface area (Å²) in [6.45, 7) is 1.77. The number of nitro benzene ring substituents is 1. The summed E-state index contributed by atoms with van der Waals surface area (Å²) < 4.78 is 5.04. The molecule has 0 aromatic heterocycles. The van der Waals surface area contributed by atoms with E-state index in [9.17, 15) is 19.7 Å². The van der Waals surface area contributed by atoms with Gasteiger partial charge in [-0.2, -0.15) is 0 Å². The Bertz CT molecular complexity index is 600. The van der Waals surface area contributed by atoms with Gasteiger partial charge < -0.3 is 14.7 Å². The van der Waals surface area contributed by atoms with Crippen LogP contribution in [-0.2, 0) is 9.53 Å².